The highest BCUT2D eigenvalue weighted by molar-refractivity contribution is 7.15. The molecule has 4 heterocycles. The number of aryl methyl sites for hydroxylation is 1. The van der Waals surface area contributed by atoms with Crippen LogP contribution in [0.2, 0.25) is 5.15 Å². The first-order chi connectivity index (χ1) is 10.6. The SMILES string of the molecule is Cc1[nH]nc2c1C(c1c(Cl)nc3sccn13)C(C#N)=C(N)O2. The molecule has 3 aromatic rings. The summed E-state index contributed by atoms with van der Waals surface area (Å²) in [6.45, 7) is 1.86. The predicted molar refractivity (Wildman–Crippen MR) is 80.7 cm³/mol. The number of aromatic amines is 1. The van der Waals surface area contributed by atoms with Gasteiger partial charge in [-0.15, -0.1) is 16.4 Å². The molecule has 3 aromatic heterocycles. The monoisotopic (exact) mass is 332 g/mol. The number of allylic oxidation sites excluding steroid dienone is 1. The van der Waals surface area contributed by atoms with E-state index in [1.54, 1.807) is 0 Å². The minimum Gasteiger partial charge on any atom is -0.420 e. The molecule has 0 aliphatic carbocycles. The molecular formula is C13H9ClN6OS. The van der Waals surface area contributed by atoms with Gasteiger partial charge in [0.1, 0.15) is 11.6 Å². The number of nitrogens with zero attached hydrogens (tertiary/aromatic N) is 4. The molecule has 3 N–H and O–H groups in total. The van der Waals surface area contributed by atoms with Gasteiger partial charge in [-0.05, 0) is 6.92 Å². The number of ether oxygens (including phenoxy) is 1. The highest BCUT2D eigenvalue weighted by Gasteiger charge is 2.37. The van der Waals surface area contributed by atoms with Crippen molar-refractivity contribution in [1.29, 1.82) is 5.26 Å². The number of fused-ring (bicyclic) bond motifs is 2. The lowest BCUT2D eigenvalue weighted by atomic mass is 9.87. The second-order valence-electron chi connectivity index (χ2n) is 4.84. The summed E-state index contributed by atoms with van der Waals surface area (Å²) in [4.78, 5) is 5.09. The van der Waals surface area contributed by atoms with Gasteiger partial charge in [0, 0.05) is 17.3 Å². The van der Waals surface area contributed by atoms with E-state index in [2.05, 4.69) is 21.3 Å². The van der Waals surface area contributed by atoms with Gasteiger partial charge in [0.15, 0.2) is 10.1 Å². The lowest BCUT2D eigenvalue weighted by Gasteiger charge is -2.23. The first kappa shape index (κ1) is 13.2. The standard InChI is InChI=1S/C13H9ClN6OS/c1-5-7-8(6(4-15)11(16)21-12(7)19-18-5)9-10(14)17-13-20(9)2-3-22-13/h2-3,8H,16H2,1H3,(H,18,19). The summed E-state index contributed by atoms with van der Waals surface area (Å²) in [7, 11) is 0. The van der Waals surface area contributed by atoms with E-state index in [9.17, 15) is 5.26 Å². The van der Waals surface area contributed by atoms with Crippen LogP contribution in [0.4, 0.5) is 0 Å². The first-order valence-electron chi connectivity index (χ1n) is 6.35. The fourth-order valence-corrected chi connectivity index (χ4v) is 3.76. The van der Waals surface area contributed by atoms with Crippen molar-refractivity contribution in [2.45, 2.75) is 12.8 Å². The number of nitriles is 1. The Morgan fingerprint density at radius 2 is 2.41 bits per heavy atom. The van der Waals surface area contributed by atoms with Crippen molar-refractivity contribution < 1.29 is 4.74 Å². The van der Waals surface area contributed by atoms with Crippen LogP contribution in [0.25, 0.3) is 4.96 Å². The zero-order valence-corrected chi connectivity index (χ0v) is 12.9. The third-order valence-corrected chi connectivity index (χ3v) is 4.69. The first-order valence-corrected chi connectivity index (χ1v) is 7.61. The smallest absolute Gasteiger partial charge is 0.244 e. The molecule has 7 nitrogen and oxygen atoms in total. The molecule has 9 heteroatoms. The quantitative estimate of drug-likeness (QED) is 0.711. The maximum absolute atomic E-state index is 9.53. The van der Waals surface area contributed by atoms with E-state index in [0.29, 0.717) is 22.3 Å². The normalized spacial score (nSPS) is 17.4. The van der Waals surface area contributed by atoms with E-state index in [-0.39, 0.29) is 5.88 Å². The molecule has 0 amide bonds. The average molecular weight is 333 g/mol. The fraction of sp³-hybridized carbons (Fsp3) is 0.154. The van der Waals surface area contributed by atoms with Gasteiger partial charge < -0.3 is 10.5 Å². The highest BCUT2D eigenvalue weighted by Crippen LogP contribution is 2.44. The van der Waals surface area contributed by atoms with Crippen LogP contribution in [0.1, 0.15) is 22.9 Å². The van der Waals surface area contributed by atoms with Crippen molar-refractivity contribution >= 4 is 27.9 Å². The zero-order chi connectivity index (χ0) is 15.4. The third kappa shape index (κ3) is 1.60. The van der Waals surface area contributed by atoms with Gasteiger partial charge >= 0.3 is 0 Å². The number of nitrogens with two attached hydrogens (primary N) is 1. The lowest BCUT2D eigenvalue weighted by molar-refractivity contribution is 0.378. The summed E-state index contributed by atoms with van der Waals surface area (Å²) in [5.74, 6) is -0.0717. The lowest BCUT2D eigenvalue weighted by Crippen LogP contribution is -2.22. The van der Waals surface area contributed by atoms with Crippen molar-refractivity contribution in [1.82, 2.24) is 19.6 Å². The molecule has 0 spiro atoms. The Labute approximate surface area is 133 Å². The van der Waals surface area contributed by atoms with Crippen LogP contribution in [0, 0.1) is 18.3 Å². The van der Waals surface area contributed by atoms with Crippen LogP contribution >= 0.6 is 22.9 Å². The van der Waals surface area contributed by atoms with Gasteiger partial charge in [-0.2, -0.15) is 5.26 Å². The predicted octanol–water partition coefficient (Wildman–Crippen LogP) is 2.30. The summed E-state index contributed by atoms with van der Waals surface area (Å²) < 4.78 is 7.31. The minimum absolute atomic E-state index is 0.0350. The molecule has 1 unspecified atom stereocenters. The molecule has 0 saturated heterocycles. The Morgan fingerprint density at radius 1 is 1.59 bits per heavy atom. The van der Waals surface area contributed by atoms with Crippen LogP contribution in [0.3, 0.4) is 0 Å². The van der Waals surface area contributed by atoms with Crippen LogP contribution in [0.5, 0.6) is 5.88 Å². The maximum Gasteiger partial charge on any atom is 0.244 e. The summed E-state index contributed by atoms with van der Waals surface area (Å²) in [5.41, 5.74) is 8.42. The van der Waals surface area contributed by atoms with E-state index >= 15 is 0 Å². The van der Waals surface area contributed by atoms with Crippen molar-refractivity contribution in [3.05, 3.63) is 45.1 Å². The molecule has 0 saturated carbocycles. The number of hydrogen-bond donors (Lipinski definition) is 2. The van der Waals surface area contributed by atoms with Gasteiger partial charge in [-0.1, -0.05) is 11.6 Å². The van der Waals surface area contributed by atoms with Crippen LogP contribution in [0.15, 0.2) is 23.0 Å². The Morgan fingerprint density at radius 3 is 3.18 bits per heavy atom. The Balaban J connectivity index is 2.07. The number of imidazole rings is 1. The second kappa shape index (κ2) is 4.50. The van der Waals surface area contributed by atoms with Crippen LogP contribution in [-0.2, 0) is 0 Å². The average Bonchev–Trinajstić information content (AvgIpc) is 3.13. The van der Waals surface area contributed by atoms with Gasteiger partial charge in [0.05, 0.1) is 17.2 Å². The number of halogens is 1. The molecule has 1 aliphatic rings. The van der Waals surface area contributed by atoms with Crippen molar-refractivity contribution in [3.8, 4) is 11.9 Å². The number of hydrogen-bond acceptors (Lipinski definition) is 6. The maximum atomic E-state index is 9.53. The number of aromatic nitrogens is 4. The van der Waals surface area contributed by atoms with E-state index in [0.717, 1.165) is 16.2 Å². The summed E-state index contributed by atoms with van der Waals surface area (Å²) >= 11 is 7.79. The molecule has 22 heavy (non-hydrogen) atoms. The molecule has 4 rings (SSSR count). The van der Waals surface area contributed by atoms with E-state index in [4.69, 9.17) is 22.1 Å². The molecular weight excluding hydrogens is 324 g/mol. The van der Waals surface area contributed by atoms with Crippen molar-refractivity contribution in [2.24, 2.45) is 5.73 Å². The molecule has 0 bridgehead atoms. The summed E-state index contributed by atoms with van der Waals surface area (Å²) in [5, 5.41) is 18.7. The topological polar surface area (TPSA) is 105 Å². The molecule has 1 atom stereocenters. The third-order valence-electron chi connectivity index (χ3n) is 3.66. The minimum atomic E-state index is -0.468. The van der Waals surface area contributed by atoms with Gasteiger partial charge in [-0.25, -0.2) is 4.98 Å². The van der Waals surface area contributed by atoms with Gasteiger partial charge in [-0.3, -0.25) is 9.50 Å². The zero-order valence-electron chi connectivity index (χ0n) is 11.3. The Hall–Kier alpha value is -2.50. The van der Waals surface area contributed by atoms with Crippen molar-refractivity contribution in [3.63, 3.8) is 0 Å². The highest BCUT2D eigenvalue weighted by atomic mass is 35.5. The summed E-state index contributed by atoms with van der Waals surface area (Å²) in [6.07, 6.45) is 1.87. The number of H-pyrrole nitrogens is 1. The molecule has 0 aromatic carbocycles. The number of nitrogens with one attached hydrogen (secondary N) is 1. The fourth-order valence-electron chi connectivity index (χ4n) is 2.71. The van der Waals surface area contributed by atoms with Crippen LogP contribution in [-0.4, -0.2) is 19.6 Å². The summed E-state index contributed by atoms with van der Waals surface area (Å²) in [6, 6.07) is 2.13. The molecule has 110 valence electrons. The largest absolute Gasteiger partial charge is 0.420 e. The molecule has 0 radical (unpaired) electrons. The van der Waals surface area contributed by atoms with E-state index < -0.39 is 5.92 Å². The van der Waals surface area contributed by atoms with E-state index in [1.807, 2.05) is 22.9 Å². The van der Waals surface area contributed by atoms with E-state index in [1.165, 1.54) is 11.3 Å². The number of rotatable bonds is 1. The molecule has 1 aliphatic heterocycles. The second-order valence-corrected chi connectivity index (χ2v) is 6.07. The Bertz CT molecular complexity index is 975. The van der Waals surface area contributed by atoms with Gasteiger partial charge in [0.25, 0.3) is 0 Å². The van der Waals surface area contributed by atoms with Crippen LogP contribution < -0.4 is 10.5 Å². The van der Waals surface area contributed by atoms with Crippen molar-refractivity contribution in [2.75, 3.05) is 0 Å². The van der Waals surface area contributed by atoms with Gasteiger partial charge in [0.2, 0.25) is 11.8 Å². The Kier molecular flexibility index (Phi) is 2.69. The number of thiazole rings is 1. The molecule has 0 fully saturated rings.